The number of rotatable bonds is 5. The molecule has 0 saturated heterocycles. The summed E-state index contributed by atoms with van der Waals surface area (Å²) in [5.41, 5.74) is 2.67. The van der Waals surface area contributed by atoms with Crippen molar-refractivity contribution in [2.24, 2.45) is 4.99 Å². The van der Waals surface area contributed by atoms with Crippen LogP contribution in [-0.4, -0.2) is 38.3 Å². The van der Waals surface area contributed by atoms with Gasteiger partial charge in [0.1, 0.15) is 11.6 Å². The van der Waals surface area contributed by atoms with E-state index in [1.54, 1.807) is 7.05 Å². The number of aliphatic imine (C=N–C) groups is 1. The zero-order valence-electron chi connectivity index (χ0n) is 15.9. The van der Waals surface area contributed by atoms with Gasteiger partial charge in [0, 0.05) is 37.8 Å². The van der Waals surface area contributed by atoms with Crippen LogP contribution in [0.2, 0.25) is 5.02 Å². The molecule has 1 heterocycles. The summed E-state index contributed by atoms with van der Waals surface area (Å²) in [4.78, 5) is 6.33. The van der Waals surface area contributed by atoms with Crippen LogP contribution in [0.3, 0.4) is 0 Å². The van der Waals surface area contributed by atoms with Crippen molar-refractivity contribution >= 4 is 41.5 Å². The molecule has 1 aliphatic heterocycles. The Balaban J connectivity index is 0.00000280. The highest BCUT2D eigenvalue weighted by atomic mass is 127. The number of benzene rings is 2. The molecule has 0 amide bonds. The summed E-state index contributed by atoms with van der Waals surface area (Å²) >= 11 is 6.05. The number of hydrogen-bond acceptors (Lipinski definition) is 3. The Morgan fingerprint density at radius 1 is 1.32 bits per heavy atom. The van der Waals surface area contributed by atoms with E-state index in [0.29, 0.717) is 31.1 Å². The van der Waals surface area contributed by atoms with Gasteiger partial charge in [0.05, 0.1) is 6.61 Å². The maximum atomic E-state index is 13.8. The molecule has 0 radical (unpaired) electrons. The molecule has 8 heteroatoms. The summed E-state index contributed by atoms with van der Waals surface area (Å²) in [5.74, 6) is 1.21. The molecule has 0 saturated carbocycles. The van der Waals surface area contributed by atoms with E-state index in [4.69, 9.17) is 21.1 Å². The maximum Gasteiger partial charge on any atom is 0.193 e. The number of ether oxygens (including phenoxy) is 2. The van der Waals surface area contributed by atoms with E-state index in [9.17, 15) is 4.39 Å². The first kappa shape index (κ1) is 22.7. The van der Waals surface area contributed by atoms with Gasteiger partial charge in [-0.05, 0) is 41.8 Å². The largest absolute Gasteiger partial charge is 0.467 e. The number of halogens is 3. The average molecular weight is 520 g/mol. The predicted molar refractivity (Wildman–Crippen MR) is 120 cm³/mol. The molecular weight excluding hydrogens is 496 g/mol. The molecule has 28 heavy (non-hydrogen) atoms. The third kappa shape index (κ3) is 5.96. The normalized spacial score (nSPS) is 13.2. The van der Waals surface area contributed by atoms with Gasteiger partial charge in [-0.15, -0.1) is 24.0 Å². The summed E-state index contributed by atoms with van der Waals surface area (Å²) in [6.45, 7) is 1.85. The van der Waals surface area contributed by atoms with Gasteiger partial charge >= 0.3 is 0 Å². The molecule has 152 valence electrons. The molecule has 0 atom stereocenters. The van der Waals surface area contributed by atoms with Crippen molar-refractivity contribution in [2.45, 2.75) is 19.6 Å². The quantitative estimate of drug-likeness (QED) is 0.365. The fourth-order valence-corrected chi connectivity index (χ4v) is 3.33. The minimum Gasteiger partial charge on any atom is -0.467 e. The Kier molecular flexibility index (Phi) is 8.78. The van der Waals surface area contributed by atoms with Crippen LogP contribution < -0.4 is 10.1 Å². The first-order valence-corrected chi connectivity index (χ1v) is 9.12. The van der Waals surface area contributed by atoms with Gasteiger partial charge in [0.25, 0.3) is 0 Å². The van der Waals surface area contributed by atoms with Gasteiger partial charge in [0.2, 0.25) is 0 Å². The zero-order valence-corrected chi connectivity index (χ0v) is 19.0. The lowest BCUT2D eigenvalue weighted by atomic mass is 10.1. The first-order valence-electron chi connectivity index (χ1n) is 8.75. The minimum absolute atomic E-state index is 0. The number of guanidine groups is 1. The molecule has 3 rings (SSSR count). The second-order valence-corrected chi connectivity index (χ2v) is 6.81. The highest BCUT2D eigenvalue weighted by molar-refractivity contribution is 14.0. The van der Waals surface area contributed by atoms with Gasteiger partial charge < -0.3 is 19.7 Å². The van der Waals surface area contributed by atoms with Crippen molar-refractivity contribution in [1.29, 1.82) is 0 Å². The topological polar surface area (TPSA) is 46.1 Å². The Morgan fingerprint density at radius 2 is 2.14 bits per heavy atom. The summed E-state index contributed by atoms with van der Waals surface area (Å²) in [7, 11) is 3.70. The second-order valence-electron chi connectivity index (χ2n) is 6.37. The standard InChI is InChI=1S/C20H23ClFN3O2.HI/c1-23-20(25(2)11-14-4-3-5-17(21)8-14)24-7-6-15-9-18(22)10-16-12-26-13-27-19(15)16;/h3-5,8-10H,6-7,11-13H2,1-2H3,(H,23,24);1H. The smallest absolute Gasteiger partial charge is 0.193 e. The van der Waals surface area contributed by atoms with Gasteiger partial charge in [-0.1, -0.05) is 23.7 Å². The molecule has 0 aliphatic carbocycles. The van der Waals surface area contributed by atoms with Crippen molar-refractivity contribution in [3.8, 4) is 5.75 Å². The lowest BCUT2D eigenvalue weighted by molar-refractivity contribution is -0.0172. The minimum atomic E-state index is -0.277. The lowest BCUT2D eigenvalue weighted by Gasteiger charge is -2.23. The van der Waals surface area contributed by atoms with E-state index in [-0.39, 0.29) is 36.6 Å². The van der Waals surface area contributed by atoms with Crippen LogP contribution in [0.25, 0.3) is 0 Å². The van der Waals surface area contributed by atoms with E-state index >= 15 is 0 Å². The maximum absolute atomic E-state index is 13.8. The Hall–Kier alpha value is -1.58. The summed E-state index contributed by atoms with van der Waals surface area (Å²) in [6, 6.07) is 10.7. The van der Waals surface area contributed by atoms with Crippen molar-refractivity contribution in [3.63, 3.8) is 0 Å². The van der Waals surface area contributed by atoms with Crippen LogP contribution in [0.15, 0.2) is 41.4 Å². The van der Waals surface area contributed by atoms with Crippen LogP contribution in [0.1, 0.15) is 16.7 Å². The summed E-state index contributed by atoms with van der Waals surface area (Å²) < 4.78 is 24.6. The first-order chi connectivity index (χ1) is 13.1. The van der Waals surface area contributed by atoms with Crippen molar-refractivity contribution in [3.05, 3.63) is 63.9 Å². The van der Waals surface area contributed by atoms with Gasteiger partial charge in [-0.25, -0.2) is 4.39 Å². The highest BCUT2D eigenvalue weighted by Crippen LogP contribution is 2.29. The van der Waals surface area contributed by atoms with E-state index in [2.05, 4.69) is 10.3 Å². The lowest BCUT2D eigenvalue weighted by Crippen LogP contribution is -2.39. The molecule has 0 bridgehead atoms. The average Bonchev–Trinajstić information content (AvgIpc) is 2.65. The molecule has 5 nitrogen and oxygen atoms in total. The summed E-state index contributed by atoms with van der Waals surface area (Å²) in [6.07, 6.45) is 0.615. The van der Waals surface area contributed by atoms with Crippen molar-refractivity contribution in [1.82, 2.24) is 10.2 Å². The van der Waals surface area contributed by atoms with Crippen LogP contribution in [-0.2, 0) is 24.3 Å². The second kappa shape index (κ2) is 10.8. The molecule has 1 aliphatic rings. The number of hydrogen-bond donors (Lipinski definition) is 1. The monoisotopic (exact) mass is 519 g/mol. The Morgan fingerprint density at radius 3 is 2.89 bits per heavy atom. The molecule has 2 aromatic rings. The third-order valence-electron chi connectivity index (χ3n) is 4.31. The molecule has 0 aromatic heterocycles. The van der Waals surface area contributed by atoms with Crippen molar-refractivity contribution < 1.29 is 13.9 Å². The molecule has 1 N–H and O–H groups in total. The molecule has 0 fully saturated rings. The number of nitrogens with one attached hydrogen (secondary N) is 1. The van der Waals surface area contributed by atoms with E-state index in [0.717, 1.165) is 28.4 Å². The predicted octanol–water partition coefficient (Wildman–Crippen LogP) is 4.21. The SMILES string of the molecule is CN=C(NCCc1cc(F)cc2c1OCOC2)N(C)Cc1cccc(Cl)c1.I. The van der Waals surface area contributed by atoms with Gasteiger partial charge in [-0.2, -0.15) is 0 Å². The van der Waals surface area contributed by atoms with Crippen molar-refractivity contribution in [2.75, 3.05) is 27.4 Å². The Bertz CT molecular complexity index is 835. The van der Waals surface area contributed by atoms with Gasteiger partial charge in [0.15, 0.2) is 12.8 Å². The third-order valence-corrected chi connectivity index (χ3v) is 4.55. The number of fused-ring (bicyclic) bond motifs is 1. The Labute approximate surface area is 186 Å². The molecule has 0 unspecified atom stereocenters. The fraction of sp³-hybridized carbons (Fsp3) is 0.350. The van der Waals surface area contributed by atoms with Crippen LogP contribution in [0, 0.1) is 5.82 Å². The fourth-order valence-electron chi connectivity index (χ4n) is 3.12. The van der Waals surface area contributed by atoms with Crippen LogP contribution >= 0.6 is 35.6 Å². The zero-order chi connectivity index (χ0) is 19.2. The summed E-state index contributed by atoms with van der Waals surface area (Å²) in [5, 5.41) is 4.02. The molecule has 2 aromatic carbocycles. The van der Waals surface area contributed by atoms with Crippen LogP contribution in [0.5, 0.6) is 5.75 Å². The number of nitrogens with zero attached hydrogens (tertiary/aromatic N) is 2. The highest BCUT2D eigenvalue weighted by Gasteiger charge is 2.17. The molecule has 0 spiro atoms. The van der Waals surface area contributed by atoms with Crippen LogP contribution in [0.4, 0.5) is 4.39 Å². The van der Waals surface area contributed by atoms with E-state index in [1.165, 1.54) is 12.1 Å². The van der Waals surface area contributed by atoms with E-state index < -0.39 is 0 Å². The molecular formula is C20H24ClFIN3O2. The van der Waals surface area contributed by atoms with E-state index in [1.807, 2.05) is 36.2 Å². The van der Waals surface area contributed by atoms with Gasteiger partial charge in [-0.3, -0.25) is 4.99 Å².